The first-order chi connectivity index (χ1) is 8.02. The maximum atomic E-state index is 11.4. The van der Waals surface area contributed by atoms with Gasteiger partial charge in [-0.05, 0) is 11.3 Å². The van der Waals surface area contributed by atoms with Crippen LogP contribution in [0.15, 0.2) is 25.3 Å². The third-order valence-corrected chi connectivity index (χ3v) is 3.77. The van der Waals surface area contributed by atoms with Crippen LogP contribution in [0.5, 0.6) is 0 Å². The first-order valence-electron chi connectivity index (χ1n) is 5.60. The molecule has 1 radical (unpaired) electrons. The van der Waals surface area contributed by atoms with E-state index in [0.717, 1.165) is 0 Å². The third-order valence-electron chi connectivity index (χ3n) is 3.77. The molecule has 1 saturated carbocycles. The Hall–Kier alpha value is -1.73. The van der Waals surface area contributed by atoms with Crippen LogP contribution in [-0.4, -0.2) is 6.29 Å². The molecule has 0 aromatic carbocycles. The van der Waals surface area contributed by atoms with Crippen LogP contribution in [0.1, 0.15) is 20.3 Å². The van der Waals surface area contributed by atoms with Crippen LogP contribution in [0.25, 0.3) is 0 Å². The summed E-state index contributed by atoms with van der Waals surface area (Å²) in [5.41, 5.74) is -0.909. The van der Waals surface area contributed by atoms with Crippen molar-refractivity contribution >= 4 is 6.29 Å². The summed E-state index contributed by atoms with van der Waals surface area (Å²) >= 11 is 0. The van der Waals surface area contributed by atoms with Gasteiger partial charge in [0.15, 0.2) is 0 Å². The molecule has 87 valence electrons. The molecule has 1 aliphatic carbocycles. The molecule has 0 N–H and O–H groups in total. The second-order valence-electron chi connectivity index (χ2n) is 4.82. The number of allylic oxidation sites excluding steroid dienone is 2. The van der Waals surface area contributed by atoms with Crippen LogP contribution in [0.4, 0.5) is 0 Å². The van der Waals surface area contributed by atoms with Crippen LogP contribution >= 0.6 is 0 Å². The summed E-state index contributed by atoms with van der Waals surface area (Å²) in [5, 5.41) is 0. The highest BCUT2D eigenvalue weighted by Gasteiger charge is 2.73. The first-order valence-corrected chi connectivity index (χ1v) is 5.60. The monoisotopic (exact) mass is 225 g/mol. The Labute approximate surface area is 104 Å². The lowest BCUT2D eigenvalue weighted by molar-refractivity contribution is 0.417. The van der Waals surface area contributed by atoms with Crippen molar-refractivity contribution in [1.82, 2.24) is 0 Å². The van der Waals surface area contributed by atoms with E-state index in [1.54, 1.807) is 12.2 Å². The van der Waals surface area contributed by atoms with E-state index in [4.69, 9.17) is 6.42 Å². The minimum atomic E-state index is -0.697. The summed E-state index contributed by atoms with van der Waals surface area (Å²) in [4.78, 5) is 11.4. The molecule has 0 aliphatic heterocycles. The normalized spacial score (nSPS) is 30.1. The smallest absolute Gasteiger partial charge is 0.208 e. The van der Waals surface area contributed by atoms with Gasteiger partial charge in [0.05, 0.1) is 11.3 Å². The van der Waals surface area contributed by atoms with Crippen LogP contribution in [0, 0.1) is 46.9 Å². The first kappa shape index (κ1) is 13.3. The van der Waals surface area contributed by atoms with E-state index in [0.29, 0.717) is 6.42 Å². The van der Waals surface area contributed by atoms with Gasteiger partial charge in [0.2, 0.25) is 6.29 Å². The SMILES string of the molecule is C#CC(C#CCC=C)C1([C]=O)C(C=C)C1(C)C. The summed E-state index contributed by atoms with van der Waals surface area (Å²) < 4.78 is 0. The Kier molecular flexibility index (Phi) is 3.64. The molecule has 0 amide bonds. The topological polar surface area (TPSA) is 17.1 Å². The highest BCUT2D eigenvalue weighted by molar-refractivity contribution is 5.72. The molecule has 0 spiro atoms. The third kappa shape index (κ3) is 1.73. The Balaban J connectivity index is 3.08. The van der Waals surface area contributed by atoms with Crippen LogP contribution in [-0.2, 0) is 4.79 Å². The fourth-order valence-electron chi connectivity index (χ4n) is 2.64. The highest BCUT2D eigenvalue weighted by atomic mass is 16.1. The Bertz CT molecular complexity index is 438. The van der Waals surface area contributed by atoms with Gasteiger partial charge in [-0.3, -0.25) is 4.79 Å². The predicted octanol–water partition coefficient (Wildman–Crippen LogP) is 2.75. The maximum absolute atomic E-state index is 11.4. The molecule has 0 bridgehead atoms. The van der Waals surface area contributed by atoms with Crippen molar-refractivity contribution in [3.05, 3.63) is 25.3 Å². The minimum absolute atomic E-state index is 0.0478. The van der Waals surface area contributed by atoms with Crippen molar-refractivity contribution in [2.75, 3.05) is 0 Å². The van der Waals surface area contributed by atoms with Crippen LogP contribution < -0.4 is 0 Å². The fraction of sp³-hybridized carbons (Fsp3) is 0.438. The molecule has 1 rings (SSSR count). The van der Waals surface area contributed by atoms with Crippen molar-refractivity contribution in [3.63, 3.8) is 0 Å². The van der Waals surface area contributed by atoms with Crippen LogP contribution in [0.3, 0.4) is 0 Å². The van der Waals surface area contributed by atoms with Gasteiger partial charge in [0.25, 0.3) is 0 Å². The van der Waals surface area contributed by atoms with Gasteiger partial charge < -0.3 is 0 Å². The van der Waals surface area contributed by atoms with Gasteiger partial charge in [0, 0.05) is 6.42 Å². The molecule has 0 saturated heterocycles. The molecular formula is C16H17O. The summed E-state index contributed by atoms with van der Waals surface area (Å²) in [7, 11) is 0. The summed E-state index contributed by atoms with van der Waals surface area (Å²) in [6.07, 6.45) is 11.7. The van der Waals surface area contributed by atoms with Crippen molar-refractivity contribution in [3.8, 4) is 24.2 Å². The van der Waals surface area contributed by atoms with Gasteiger partial charge in [-0.2, -0.15) is 0 Å². The number of carbonyl (C=O) groups excluding carboxylic acids is 1. The number of rotatable bonds is 4. The highest BCUT2D eigenvalue weighted by Crippen LogP contribution is 2.71. The second kappa shape index (κ2) is 4.64. The second-order valence-corrected chi connectivity index (χ2v) is 4.82. The lowest BCUT2D eigenvalue weighted by atomic mass is 9.84. The van der Waals surface area contributed by atoms with E-state index in [1.165, 1.54) is 0 Å². The van der Waals surface area contributed by atoms with Gasteiger partial charge >= 0.3 is 0 Å². The largest absolute Gasteiger partial charge is 0.290 e. The van der Waals surface area contributed by atoms with Crippen molar-refractivity contribution in [2.24, 2.45) is 22.7 Å². The fourth-order valence-corrected chi connectivity index (χ4v) is 2.64. The summed E-state index contributed by atoms with van der Waals surface area (Å²) in [6.45, 7) is 11.4. The Morgan fingerprint density at radius 2 is 2.12 bits per heavy atom. The molecule has 17 heavy (non-hydrogen) atoms. The predicted molar refractivity (Wildman–Crippen MR) is 70.5 cm³/mol. The standard InChI is InChI=1S/C16H17O/c1-6-9-10-11-13(7-2)16(12-17)14(8-3)15(16,4)5/h2,6,8,13-14H,1,3,9H2,4-5H3. The minimum Gasteiger partial charge on any atom is -0.290 e. The summed E-state index contributed by atoms with van der Waals surface area (Å²) in [5.74, 6) is 8.16. The van der Waals surface area contributed by atoms with E-state index >= 15 is 0 Å². The zero-order chi connectivity index (χ0) is 13.1. The molecule has 0 aromatic heterocycles. The molecular weight excluding hydrogens is 208 g/mol. The molecule has 0 aromatic rings. The van der Waals surface area contributed by atoms with E-state index in [-0.39, 0.29) is 11.3 Å². The van der Waals surface area contributed by atoms with E-state index < -0.39 is 11.3 Å². The number of hydrogen-bond donors (Lipinski definition) is 0. The lowest BCUT2D eigenvalue weighted by Crippen LogP contribution is -2.21. The van der Waals surface area contributed by atoms with E-state index in [1.807, 2.05) is 13.8 Å². The Morgan fingerprint density at radius 3 is 2.47 bits per heavy atom. The van der Waals surface area contributed by atoms with Gasteiger partial charge in [-0.1, -0.05) is 43.8 Å². The molecule has 3 unspecified atom stereocenters. The van der Waals surface area contributed by atoms with Crippen molar-refractivity contribution < 1.29 is 4.79 Å². The Morgan fingerprint density at radius 1 is 1.47 bits per heavy atom. The molecule has 3 atom stereocenters. The number of hydrogen-bond acceptors (Lipinski definition) is 1. The van der Waals surface area contributed by atoms with Crippen LogP contribution in [0.2, 0.25) is 0 Å². The number of terminal acetylenes is 1. The van der Waals surface area contributed by atoms with Gasteiger partial charge in [-0.25, -0.2) is 0 Å². The van der Waals surface area contributed by atoms with Gasteiger partial charge in [-0.15, -0.1) is 19.6 Å². The lowest BCUT2D eigenvalue weighted by Gasteiger charge is -2.14. The molecule has 1 aliphatic rings. The molecule has 0 heterocycles. The van der Waals surface area contributed by atoms with E-state index in [9.17, 15) is 4.79 Å². The zero-order valence-corrected chi connectivity index (χ0v) is 10.4. The average molecular weight is 225 g/mol. The van der Waals surface area contributed by atoms with E-state index in [2.05, 4.69) is 37.2 Å². The van der Waals surface area contributed by atoms with Crippen molar-refractivity contribution in [1.29, 1.82) is 0 Å². The van der Waals surface area contributed by atoms with Crippen molar-refractivity contribution in [2.45, 2.75) is 20.3 Å². The average Bonchev–Trinajstić information content (AvgIpc) is 2.81. The zero-order valence-electron chi connectivity index (χ0n) is 10.4. The molecule has 1 fully saturated rings. The molecule has 1 heteroatoms. The molecule has 1 nitrogen and oxygen atoms in total. The quantitative estimate of drug-likeness (QED) is 0.531. The van der Waals surface area contributed by atoms with Gasteiger partial charge in [0.1, 0.15) is 0 Å². The summed E-state index contributed by atoms with van der Waals surface area (Å²) in [6, 6.07) is 0. The maximum Gasteiger partial charge on any atom is 0.208 e.